The van der Waals surface area contributed by atoms with E-state index >= 15 is 0 Å². The molecule has 3 aromatic carbocycles. The third-order valence-electron chi connectivity index (χ3n) is 7.20. The molecule has 2 atom stereocenters. The van der Waals surface area contributed by atoms with Crippen molar-refractivity contribution < 1.29 is 9.53 Å². The van der Waals surface area contributed by atoms with E-state index in [2.05, 4.69) is 80.3 Å². The number of esters is 1. The van der Waals surface area contributed by atoms with Crippen LogP contribution in [0.3, 0.4) is 0 Å². The van der Waals surface area contributed by atoms with Crippen LogP contribution >= 0.6 is 7.92 Å². The molecule has 1 aliphatic rings. The Hall–Kier alpha value is -2.48. The summed E-state index contributed by atoms with van der Waals surface area (Å²) in [4.78, 5) is 16.3. The predicted molar refractivity (Wildman–Crippen MR) is 153 cm³/mol. The van der Waals surface area contributed by atoms with E-state index < -0.39 is 7.92 Å². The lowest BCUT2D eigenvalue weighted by molar-refractivity contribution is -0.00258. The van der Waals surface area contributed by atoms with Gasteiger partial charge in [0.25, 0.3) is 0 Å². The lowest BCUT2D eigenvalue weighted by Crippen LogP contribution is -2.36. The molecule has 0 N–H and O–H groups in total. The van der Waals surface area contributed by atoms with Gasteiger partial charge in [0.15, 0.2) is 0 Å². The minimum absolute atomic E-state index is 0.102. The van der Waals surface area contributed by atoms with Crippen LogP contribution in [0.1, 0.15) is 56.8 Å². The topological polar surface area (TPSA) is 29.5 Å². The van der Waals surface area contributed by atoms with E-state index in [4.69, 9.17) is 4.74 Å². The van der Waals surface area contributed by atoms with Crippen molar-refractivity contribution in [2.24, 2.45) is 11.8 Å². The van der Waals surface area contributed by atoms with Crippen molar-refractivity contribution in [1.82, 2.24) is 4.90 Å². The van der Waals surface area contributed by atoms with Gasteiger partial charge in [-0.2, -0.15) is 0 Å². The first-order chi connectivity index (χ1) is 17.5. The second kappa shape index (κ2) is 13.2. The van der Waals surface area contributed by atoms with Crippen molar-refractivity contribution in [3.63, 3.8) is 0 Å². The Balaban J connectivity index is 1.57. The number of hydrogen-bond acceptors (Lipinski definition) is 3. The number of carbonyl (C=O) groups excluding carboxylic acids is 1. The summed E-state index contributed by atoms with van der Waals surface area (Å²) in [5.41, 5.74) is 0.685. The number of nitrogens with zero attached hydrogens (tertiary/aromatic N) is 1. The average Bonchev–Trinajstić information content (AvgIpc) is 2.92. The number of piperidine rings is 1. The lowest BCUT2D eigenvalue weighted by Gasteiger charge is -2.31. The second-order valence-corrected chi connectivity index (χ2v) is 12.5. The standard InChI is InChI=1S/C32H40NO2P/c1-25(2)31(26(3)21-24-33-22-13-6-14-23-33)35-32(34)29-19-11-12-20-30(29)36(27-15-7-4-8-16-27)28-17-9-5-10-18-28/h4-5,7-12,15-20,25-26,31H,6,13-14,21-24H2,1-3H3/t26-,31-/m1/s1. The summed E-state index contributed by atoms with van der Waals surface area (Å²) in [6.45, 7) is 10.1. The Labute approximate surface area is 218 Å². The van der Waals surface area contributed by atoms with Crippen LogP contribution in [0.15, 0.2) is 84.9 Å². The molecule has 0 amide bonds. The molecule has 190 valence electrons. The summed E-state index contributed by atoms with van der Waals surface area (Å²) < 4.78 is 6.32. The SMILES string of the molecule is CC(C)[C@@H](OC(=O)c1ccccc1P(c1ccccc1)c1ccccc1)[C@H](C)CCN1CCCCC1. The van der Waals surface area contributed by atoms with Crippen LogP contribution in [0.5, 0.6) is 0 Å². The van der Waals surface area contributed by atoms with Crippen molar-refractivity contribution in [2.45, 2.75) is 52.6 Å². The van der Waals surface area contributed by atoms with Crippen molar-refractivity contribution in [2.75, 3.05) is 19.6 Å². The largest absolute Gasteiger partial charge is 0.458 e. The van der Waals surface area contributed by atoms with Gasteiger partial charge in [0, 0.05) is 0 Å². The highest BCUT2D eigenvalue weighted by molar-refractivity contribution is 7.80. The minimum Gasteiger partial charge on any atom is -0.458 e. The molecule has 3 aromatic rings. The van der Waals surface area contributed by atoms with E-state index in [1.54, 1.807) is 0 Å². The molecular formula is C32H40NO2P. The van der Waals surface area contributed by atoms with Gasteiger partial charge in [0.2, 0.25) is 0 Å². The number of benzene rings is 3. The molecule has 36 heavy (non-hydrogen) atoms. The summed E-state index contributed by atoms with van der Waals surface area (Å²) >= 11 is 0. The summed E-state index contributed by atoms with van der Waals surface area (Å²) in [5, 5.41) is 3.52. The molecule has 0 spiro atoms. The maximum absolute atomic E-state index is 13.7. The Kier molecular flexibility index (Phi) is 9.73. The Morgan fingerprint density at radius 2 is 1.36 bits per heavy atom. The molecule has 0 aliphatic carbocycles. The fraction of sp³-hybridized carbons (Fsp3) is 0.406. The fourth-order valence-corrected chi connectivity index (χ4v) is 7.69. The molecule has 1 fully saturated rings. The zero-order valence-corrected chi connectivity index (χ0v) is 22.9. The molecule has 1 heterocycles. The van der Waals surface area contributed by atoms with Gasteiger partial charge >= 0.3 is 5.97 Å². The smallest absolute Gasteiger partial charge is 0.339 e. The third-order valence-corrected chi connectivity index (χ3v) is 9.70. The van der Waals surface area contributed by atoms with Crippen LogP contribution in [0, 0.1) is 11.8 Å². The van der Waals surface area contributed by atoms with E-state index in [-0.39, 0.29) is 18.0 Å². The first-order valence-electron chi connectivity index (χ1n) is 13.5. The van der Waals surface area contributed by atoms with E-state index in [1.165, 1.54) is 43.0 Å². The zero-order chi connectivity index (χ0) is 25.3. The van der Waals surface area contributed by atoms with Crippen molar-refractivity contribution in [3.8, 4) is 0 Å². The highest BCUT2D eigenvalue weighted by Crippen LogP contribution is 2.34. The molecule has 0 saturated carbocycles. The Morgan fingerprint density at radius 3 is 1.94 bits per heavy atom. The molecule has 1 aliphatic heterocycles. The monoisotopic (exact) mass is 501 g/mol. The third kappa shape index (κ3) is 6.84. The number of ether oxygens (including phenoxy) is 1. The molecule has 0 unspecified atom stereocenters. The van der Waals surface area contributed by atoms with Gasteiger partial charge in [-0.15, -0.1) is 0 Å². The van der Waals surface area contributed by atoms with Crippen LogP contribution in [0.25, 0.3) is 0 Å². The van der Waals surface area contributed by atoms with Crippen molar-refractivity contribution >= 4 is 29.8 Å². The minimum atomic E-state index is -0.878. The summed E-state index contributed by atoms with van der Waals surface area (Å²) in [7, 11) is -0.878. The number of likely N-dealkylation sites (tertiary alicyclic amines) is 1. The summed E-state index contributed by atoms with van der Waals surface area (Å²) in [6, 6.07) is 29.1. The number of hydrogen-bond donors (Lipinski definition) is 0. The maximum Gasteiger partial charge on any atom is 0.339 e. The van der Waals surface area contributed by atoms with Crippen LogP contribution in [-0.4, -0.2) is 36.6 Å². The molecule has 1 saturated heterocycles. The first-order valence-corrected chi connectivity index (χ1v) is 14.8. The van der Waals surface area contributed by atoms with Gasteiger partial charge in [-0.3, -0.25) is 0 Å². The molecule has 4 heteroatoms. The van der Waals surface area contributed by atoms with E-state index in [0.29, 0.717) is 11.5 Å². The Bertz CT molecular complexity index is 1040. The molecule has 4 rings (SSSR count). The zero-order valence-electron chi connectivity index (χ0n) is 22.0. The Morgan fingerprint density at radius 1 is 0.806 bits per heavy atom. The quantitative estimate of drug-likeness (QED) is 0.247. The highest BCUT2D eigenvalue weighted by Gasteiger charge is 2.29. The number of rotatable bonds is 10. The van der Waals surface area contributed by atoms with Crippen LogP contribution in [0.2, 0.25) is 0 Å². The van der Waals surface area contributed by atoms with Gasteiger partial charge in [-0.05, 0) is 80.6 Å². The van der Waals surface area contributed by atoms with Gasteiger partial charge in [-0.25, -0.2) is 4.79 Å². The molecule has 3 nitrogen and oxygen atoms in total. The second-order valence-electron chi connectivity index (χ2n) is 10.3. The first kappa shape index (κ1) is 26.6. The number of carbonyl (C=O) groups is 1. The van der Waals surface area contributed by atoms with E-state index in [1.807, 2.05) is 30.3 Å². The van der Waals surface area contributed by atoms with Gasteiger partial charge in [-0.1, -0.05) is 106 Å². The van der Waals surface area contributed by atoms with Crippen LogP contribution < -0.4 is 15.9 Å². The lowest BCUT2D eigenvalue weighted by atomic mass is 9.91. The van der Waals surface area contributed by atoms with E-state index in [0.717, 1.165) is 18.3 Å². The van der Waals surface area contributed by atoms with Gasteiger partial charge in [0.05, 0.1) is 5.56 Å². The maximum atomic E-state index is 13.7. The molecule has 0 bridgehead atoms. The average molecular weight is 502 g/mol. The predicted octanol–water partition coefficient (Wildman–Crippen LogP) is 6.14. The van der Waals surface area contributed by atoms with Gasteiger partial charge in [0.1, 0.15) is 6.10 Å². The molecular weight excluding hydrogens is 461 g/mol. The van der Waals surface area contributed by atoms with E-state index in [9.17, 15) is 4.79 Å². The normalized spacial score (nSPS) is 16.1. The van der Waals surface area contributed by atoms with Crippen molar-refractivity contribution in [3.05, 3.63) is 90.5 Å². The van der Waals surface area contributed by atoms with Crippen LogP contribution in [-0.2, 0) is 4.74 Å². The molecule has 0 aromatic heterocycles. The van der Waals surface area contributed by atoms with Crippen LogP contribution in [0.4, 0.5) is 0 Å². The highest BCUT2D eigenvalue weighted by atomic mass is 31.1. The van der Waals surface area contributed by atoms with Gasteiger partial charge < -0.3 is 9.64 Å². The van der Waals surface area contributed by atoms with Crippen molar-refractivity contribution in [1.29, 1.82) is 0 Å². The fourth-order valence-electron chi connectivity index (χ4n) is 5.25. The summed E-state index contributed by atoms with van der Waals surface area (Å²) in [6.07, 6.45) is 4.92. The molecule has 0 radical (unpaired) electrons. The summed E-state index contributed by atoms with van der Waals surface area (Å²) in [5.74, 6) is 0.378.